The number of aromatic amines is 1. The molecular weight excluding hydrogens is 278 g/mol. The average Bonchev–Trinajstić information content (AvgIpc) is 2.96. The zero-order chi connectivity index (χ0) is 15.8. The van der Waals surface area contributed by atoms with E-state index in [4.69, 9.17) is 5.11 Å². The molecule has 1 aromatic heterocycles. The molecule has 0 unspecified atom stereocenters. The molecule has 0 aliphatic heterocycles. The molecule has 0 bridgehead atoms. The van der Waals surface area contributed by atoms with Gasteiger partial charge in [0.1, 0.15) is 6.04 Å². The third kappa shape index (κ3) is 5.51. The molecule has 9 heteroatoms. The highest BCUT2D eigenvalue weighted by Gasteiger charge is 2.22. The van der Waals surface area contributed by atoms with E-state index in [0.29, 0.717) is 5.69 Å². The van der Waals surface area contributed by atoms with Crippen molar-refractivity contribution in [2.24, 2.45) is 0 Å². The van der Waals surface area contributed by atoms with Crippen molar-refractivity contribution in [3.05, 3.63) is 18.2 Å². The van der Waals surface area contributed by atoms with Crippen LogP contribution in [0.25, 0.3) is 0 Å². The maximum Gasteiger partial charge on any atom is 0.326 e. The number of hydrogen-bond donors (Lipinski definition) is 4. The topological polar surface area (TPSA) is 127 Å². The van der Waals surface area contributed by atoms with Crippen LogP contribution in [0.1, 0.15) is 12.1 Å². The Balaban J connectivity index is 2.52. The molecule has 0 saturated heterocycles. The van der Waals surface area contributed by atoms with Gasteiger partial charge in [0.25, 0.3) is 0 Å². The maximum atomic E-state index is 11.9. The van der Waals surface area contributed by atoms with Crippen molar-refractivity contribution in [3.8, 4) is 0 Å². The summed E-state index contributed by atoms with van der Waals surface area (Å²) in [4.78, 5) is 42.0. The van der Waals surface area contributed by atoms with E-state index in [2.05, 4.69) is 20.6 Å². The van der Waals surface area contributed by atoms with Gasteiger partial charge in [0.2, 0.25) is 5.91 Å². The number of aliphatic carboxylic acids is 1. The van der Waals surface area contributed by atoms with E-state index in [9.17, 15) is 14.4 Å². The molecule has 21 heavy (non-hydrogen) atoms. The van der Waals surface area contributed by atoms with Crippen LogP contribution in [0.15, 0.2) is 12.5 Å². The van der Waals surface area contributed by atoms with E-state index >= 15 is 0 Å². The van der Waals surface area contributed by atoms with E-state index in [1.165, 1.54) is 31.5 Å². The van der Waals surface area contributed by atoms with Gasteiger partial charge < -0.3 is 25.6 Å². The van der Waals surface area contributed by atoms with Crippen LogP contribution in [0.2, 0.25) is 0 Å². The van der Waals surface area contributed by atoms with E-state index in [1.807, 2.05) is 0 Å². The quantitative estimate of drug-likeness (QED) is 0.523. The largest absolute Gasteiger partial charge is 0.480 e. The zero-order valence-corrected chi connectivity index (χ0v) is 11.9. The second-order valence-electron chi connectivity index (χ2n) is 4.47. The molecule has 1 aromatic rings. The first-order valence-corrected chi connectivity index (χ1v) is 6.36. The van der Waals surface area contributed by atoms with Crippen LogP contribution in [0.5, 0.6) is 0 Å². The van der Waals surface area contributed by atoms with Gasteiger partial charge in [0.15, 0.2) is 0 Å². The first-order valence-electron chi connectivity index (χ1n) is 6.36. The number of urea groups is 1. The minimum atomic E-state index is -1.14. The number of H-pyrrole nitrogens is 1. The van der Waals surface area contributed by atoms with Crippen molar-refractivity contribution in [2.45, 2.75) is 18.9 Å². The maximum absolute atomic E-state index is 11.9. The SMILES string of the molecule is CNC(=O)CCN(C)C(=O)N[C@@H](Cc1cnc[nH]1)C(=O)O. The third-order valence-corrected chi connectivity index (χ3v) is 2.87. The lowest BCUT2D eigenvalue weighted by Crippen LogP contribution is -2.48. The number of carbonyl (C=O) groups excluding carboxylic acids is 2. The summed E-state index contributed by atoms with van der Waals surface area (Å²) in [7, 11) is 3.00. The summed E-state index contributed by atoms with van der Waals surface area (Å²) < 4.78 is 0. The van der Waals surface area contributed by atoms with Crippen LogP contribution in [-0.2, 0) is 16.0 Å². The highest BCUT2D eigenvalue weighted by molar-refractivity contribution is 5.83. The van der Waals surface area contributed by atoms with Gasteiger partial charge in [0.05, 0.1) is 6.33 Å². The summed E-state index contributed by atoms with van der Waals surface area (Å²) >= 11 is 0. The minimum absolute atomic E-state index is 0.102. The molecule has 1 atom stereocenters. The summed E-state index contributed by atoms with van der Waals surface area (Å²) in [6.45, 7) is 0.196. The van der Waals surface area contributed by atoms with E-state index in [0.717, 1.165) is 0 Å². The molecule has 0 saturated carbocycles. The predicted octanol–water partition coefficient (Wildman–Crippen LogP) is -0.817. The van der Waals surface area contributed by atoms with Crippen LogP contribution in [0.3, 0.4) is 0 Å². The van der Waals surface area contributed by atoms with Gasteiger partial charge in [-0.15, -0.1) is 0 Å². The van der Waals surface area contributed by atoms with Gasteiger partial charge >= 0.3 is 12.0 Å². The second-order valence-corrected chi connectivity index (χ2v) is 4.47. The molecule has 0 spiro atoms. The molecular formula is C12H19N5O4. The number of carboxylic acids is 1. The lowest BCUT2D eigenvalue weighted by Gasteiger charge is -2.20. The Morgan fingerprint density at radius 2 is 2.19 bits per heavy atom. The monoisotopic (exact) mass is 297 g/mol. The number of amides is 3. The molecule has 9 nitrogen and oxygen atoms in total. The van der Waals surface area contributed by atoms with Gasteiger partial charge in [-0.2, -0.15) is 0 Å². The van der Waals surface area contributed by atoms with Crippen molar-refractivity contribution < 1.29 is 19.5 Å². The number of nitrogens with one attached hydrogen (secondary N) is 3. The van der Waals surface area contributed by atoms with Gasteiger partial charge in [-0.25, -0.2) is 14.6 Å². The summed E-state index contributed by atoms with van der Waals surface area (Å²) in [5, 5.41) is 14.0. The second kappa shape index (κ2) is 7.88. The highest BCUT2D eigenvalue weighted by atomic mass is 16.4. The van der Waals surface area contributed by atoms with Gasteiger partial charge in [-0.05, 0) is 0 Å². The Morgan fingerprint density at radius 3 is 2.71 bits per heavy atom. The normalized spacial score (nSPS) is 11.5. The van der Waals surface area contributed by atoms with Gasteiger partial charge in [-0.3, -0.25) is 4.79 Å². The standard InChI is InChI=1S/C12H19N5O4/c1-13-10(18)3-4-17(2)12(21)16-9(11(19)20)5-8-6-14-7-15-8/h6-7,9H,3-5H2,1-2H3,(H,13,18)(H,14,15)(H,16,21)(H,19,20)/t9-/m0/s1. The molecule has 1 rings (SSSR count). The molecule has 116 valence electrons. The molecule has 0 aliphatic carbocycles. The molecule has 0 aromatic carbocycles. The number of hydrogen-bond acceptors (Lipinski definition) is 4. The predicted molar refractivity (Wildman–Crippen MR) is 73.6 cm³/mol. The molecule has 0 aliphatic rings. The third-order valence-electron chi connectivity index (χ3n) is 2.87. The Kier molecular flexibility index (Phi) is 6.18. The lowest BCUT2D eigenvalue weighted by atomic mass is 10.1. The van der Waals surface area contributed by atoms with Crippen LogP contribution >= 0.6 is 0 Å². The first-order chi connectivity index (χ1) is 9.93. The van der Waals surface area contributed by atoms with E-state index in [1.54, 1.807) is 0 Å². The molecule has 4 N–H and O–H groups in total. The Labute approximate surface area is 121 Å². The van der Waals surface area contributed by atoms with Crippen LogP contribution in [-0.4, -0.2) is 64.6 Å². The lowest BCUT2D eigenvalue weighted by molar-refractivity contribution is -0.139. The number of imidazole rings is 1. The fourth-order valence-electron chi connectivity index (χ4n) is 1.57. The smallest absolute Gasteiger partial charge is 0.326 e. The van der Waals surface area contributed by atoms with Crippen molar-refractivity contribution >= 4 is 17.9 Å². The number of aromatic nitrogens is 2. The Morgan fingerprint density at radius 1 is 1.48 bits per heavy atom. The fraction of sp³-hybridized carbons (Fsp3) is 0.500. The molecule has 1 heterocycles. The van der Waals surface area contributed by atoms with Crippen LogP contribution < -0.4 is 10.6 Å². The number of carboxylic acid groups (broad SMARTS) is 1. The molecule has 0 radical (unpaired) electrons. The van der Waals surface area contributed by atoms with Crippen molar-refractivity contribution in [2.75, 3.05) is 20.6 Å². The zero-order valence-electron chi connectivity index (χ0n) is 11.9. The highest BCUT2D eigenvalue weighted by Crippen LogP contribution is 2.00. The summed E-state index contributed by atoms with van der Waals surface area (Å²) in [6, 6.07) is -1.62. The van der Waals surface area contributed by atoms with Crippen LogP contribution in [0.4, 0.5) is 4.79 Å². The van der Waals surface area contributed by atoms with Crippen molar-refractivity contribution in [3.63, 3.8) is 0 Å². The number of nitrogens with zero attached hydrogens (tertiary/aromatic N) is 2. The minimum Gasteiger partial charge on any atom is -0.480 e. The number of carbonyl (C=O) groups is 3. The van der Waals surface area contributed by atoms with Crippen molar-refractivity contribution in [1.29, 1.82) is 0 Å². The Hall–Kier alpha value is -2.58. The summed E-state index contributed by atoms with van der Waals surface area (Å²) in [6.07, 6.45) is 3.19. The average molecular weight is 297 g/mol. The van der Waals surface area contributed by atoms with E-state index in [-0.39, 0.29) is 25.3 Å². The first kappa shape index (κ1) is 16.5. The number of rotatable bonds is 7. The molecule has 3 amide bonds. The van der Waals surface area contributed by atoms with E-state index < -0.39 is 18.0 Å². The van der Waals surface area contributed by atoms with Gasteiger partial charge in [-0.1, -0.05) is 0 Å². The molecule has 0 fully saturated rings. The fourth-order valence-corrected chi connectivity index (χ4v) is 1.57. The van der Waals surface area contributed by atoms with Gasteiger partial charge in [0, 0.05) is 45.4 Å². The Bertz CT molecular complexity index is 488. The van der Waals surface area contributed by atoms with Crippen molar-refractivity contribution in [1.82, 2.24) is 25.5 Å². The summed E-state index contributed by atoms with van der Waals surface area (Å²) in [5.74, 6) is -1.33. The summed E-state index contributed by atoms with van der Waals surface area (Å²) in [5.41, 5.74) is 0.607. The van der Waals surface area contributed by atoms with Crippen LogP contribution in [0, 0.1) is 0 Å².